The topological polar surface area (TPSA) is 75.7 Å². The molecule has 2 fully saturated rings. The summed E-state index contributed by atoms with van der Waals surface area (Å²) in [5, 5.41) is 3.32. The number of ether oxygens (including phenoxy) is 1. The minimum Gasteiger partial charge on any atom is -0.459 e. The van der Waals surface area contributed by atoms with Crippen molar-refractivity contribution in [3.05, 3.63) is 34.9 Å². The first-order valence-electron chi connectivity index (χ1n) is 8.47. The number of urea groups is 1. The van der Waals surface area contributed by atoms with E-state index in [-0.39, 0.29) is 25.0 Å². The largest absolute Gasteiger partial charge is 0.459 e. The highest BCUT2D eigenvalue weighted by molar-refractivity contribution is 6.31. The number of hydrogen-bond donors (Lipinski definition) is 1. The first kappa shape index (κ1) is 17.7. The molecule has 3 amide bonds. The molecule has 134 valence electrons. The number of carbonyl (C=O) groups excluding carboxylic acids is 3. The number of hydrogen-bond acceptors (Lipinski definition) is 4. The summed E-state index contributed by atoms with van der Waals surface area (Å²) in [5.41, 5.74) is -0.190. The fraction of sp³-hybridized carbons (Fsp3) is 0.500. The van der Waals surface area contributed by atoms with Gasteiger partial charge in [-0.15, -0.1) is 0 Å². The number of benzene rings is 1. The average molecular weight is 365 g/mol. The van der Waals surface area contributed by atoms with Crippen molar-refractivity contribution in [2.24, 2.45) is 5.92 Å². The van der Waals surface area contributed by atoms with E-state index < -0.39 is 17.5 Å². The van der Waals surface area contributed by atoms with E-state index in [0.29, 0.717) is 17.0 Å². The van der Waals surface area contributed by atoms with Crippen LogP contribution in [0.2, 0.25) is 5.02 Å². The fourth-order valence-corrected chi connectivity index (χ4v) is 3.78. The quantitative estimate of drug-likeness (QED) is 0.658. The van der Waals surface area contributed by atoms with Crippen LogP contribution in [0, 0.1) is 5.92 Å². The molecule has 7 heteroatoms. The number of nitrogens with zero attached hydrogens (tertiary/aromatic N) is 1. The van der Waals surface area contributed by atoms with Gasteiger partial charge in [0.1, 0.15) is 18.7 Å². The summed E-state index contributed by atoms with van der Waals surface area (Å²) in [7, 11) is 0. The first-order valence-corrected chi connectivity index (χ1v) is 8.85. The molecule has 2 atom stereocenters. The first-order chi connectivity index (χ1) is 11.9. The summed E-state index contributed by atoms with van der Waals surface area (Å²) in [6, 6.07) is 6.51. The fourth-order valence-electron chi connectivity index (χ4n) is 3.59. The van der Waals surface area contributed by atoms with Gasteiger partial charge in [-0.2, -0.15) is 0 Å². The third-order valence-electron chi connectivity index (χ3n) is 5.14. The molecular weight excluding hydrogens is 344 g/mol. The van der Waals surface area contributed by atoms with Crippen molar-refractivity contribution in [2.45, 2.75) is 44.8 Å². The van der Waals surface area contributed by atoms with E-state index in [9.17, 15) is 14.4 Å². The third-order valence-corrected chi connectivity index (χ3v) is 5.50. The smallest absolute Gasteiger partial charge is 0.326 e. The van der Waals surface area contributed by atoms with Gasteiger partial charge in [-0.1, -0.05) is 49.6 Å². The van der Waals surface area contributed by atoms with Crippen molar-refractivity contribution < 1.29 is 19.1 Å². The molecule has 1 N–H and O–H groups in total. The zero-order valence-electron chi connectivity index (χ0n) is 14.1. The van der Waals surface area contributed by atoms with Crippen molar-refractivity contribution in [2.75, 3.05) is 6.54 Å². The summed E-state index contributed by atoms with van der Waals surface area (Å²) in [6.07, 6.45) is 3.44. The molecule has 1 aliphatic carbocycles. The Labute approximate surface area is 151 Å². The van der Waals surface area contributed by atoms with Crippen LogP contribution in [0.1, 0.15) is 38.2 Å². The summed E-state index contributed by atoms with van der Waals surface area (Å²) in [5.74, 6) is -0.898. The van der Waals surface area contributed by atoms with Crippen molar-refractivity contribution >= 4 is 29.5 Å². The number of halogens is 1. The molecule has 3 rings (SSSR count). The SMILES string of the molecule is C[C@@H]1CCCC[C@]12NC(=O)N(CC(=O)OCc1ccccc1Cl)C2=O. The molecular formula is C18H21ClN2O4. The summed E-state index contributed by atoms with van der Waals surface area (Å²) in [4.78, 5) is 38.1. The average Bonchev–Trinajstić information content (AvgIpc) is 2.82. The lowest BCUT2D eigenvalue weighted by molar-refractivity contribution is -0.149. The standard InChI is InChI=1S/C18H21ClN2O4/c1-12-6-4-5-9-18(12)16(23)21(17(24)20-18)10-15(22)25-11-13-7-2-3-8-14(13)19/h2-3,7-8,12H,4-6,9-11H2,1H3,(H,20,24)/t12-,18+/m1/s1. The Hall–Kier alpha value is -2.08. The van der Waals surface area contributed by atoms with Crippen molar-refractivity contribution in [1.29, 1.82) is 0 Å². The van der Waals surface area contributed by atoms with E-state index in [1.165, 1.54) is 0 Å². The van der Waals surface area contributed by atoms with Crippen LogP contribution in [0.5, 0.6) is 0 Å². The highest BCUT2D eigenvalue weighted by atomic mass is 35.5. The normalized spacial score (nSPS) is 26.0. The Morgan fingerprint density at radius 2 is 2.12 bits per heavy atom. The van der Waals surface area contributed by atoms with Crippen LogP contribution in [-0.2, 0) is 20.9 Å². The van der Waals surface area contributed by atoms with Crippen LogP contribution in [0.4, 0.5) is 4.79 Å². The van der Waals surface area contributed by atoms with Gasteiger partial charge in [0.15, 0.2) is 0 Å². The molecule has 0 bridgehead atoms. The Bertz CT molecular complexity index is 708. The molecule has 6 nitrogen and oxygen atoms in total. The maximum Gasteiger partial charge on any atom is 0.326 e. The van der Waals surface area contributed by atoms with Crippen LogP contribution in [0.25, 0.3) is 0 Å². The van der Waals surface area contributed by atoms with Crippen molar-refractivity contribution in [3.63, 3.8) is 0 Å². The van der Waals surface area contributed by atoms with Crippen molar-refractivity contribution in [1.82, 2.24) is 10.2 Å². The molecule has 1 aromatic rings. The second-order valence-electron chi connectivity index (χ2n) is 6.69. The Kier molecular flexibility index (Phi) is 4.99. The van der Waals surface area contributed by atoms with E-state index >= 15 is 0 Å². The molecule has 1 saturated heterocycles. The van der Waals surface area contributed by atoms with Gasteiger partial charge in [-0.3, -0.25) is 14.5 Å². The lowest BCUT2D eigenvalue weighted by Crippen LogP contribution is -2.54. The highest BCUT2D eigenvalue weighted by Crippen LogP contribution is 2.38. The summed E-state index contributed by atoms with van der Waals surface area (Å²) in [6.45, 7) is 1.59. The van der Waals surface area contributed by atoms with E-state index in [1.54, 1.807) is 24.3 Å². The van der Waals surface area contributed by atoms with Gasteiger partial charge in [-0.25, -0.2) is 4.79 Å². The second-order valence-corrected chi connectivity index (χ2v) is 7.10. The molecule has 1 saturated carbocycles. The van der Waals surface area contributed by atoms with Gasteiger partial charge in [-0.05, 0) is 24.8 Å². The van der Waals surface area contributed by atoms with Crippen LogP contribution in [-0.4, -0.2) is 34.9 Å². The highest BCUT2D eigenvalue weighted by Gasteiger charge is 2.55. The van der Waals surface area contributed by atoms with Crippen LogP contribution in [0.3, 0.4) is 0 Å². The van der Waals surface area contributed by atoms with Gasteiger partial charge in [0.25, 0.3) is 5.91 Å². The van der Waals surface area contributed by atoms with Gasteiger partial charge in [0.2, 0.25) is 0 Å². The lowest BCUT2D eigenvalue weighted by Gasteiger charge is -2.36. The number of nitrogens with one attached hydrogen (secondary N) is 1. The second kappa shape index (κ2) is 7.04. The molecule has 0 aromatic heterocycles. The molecule has 1 aliphatic heterocycles. The summed E-state index contributed by atoms with van der Waals surface area (Å²) < 4.78 is 5.17. The van der Waals surface area contributed by atoms with Gasteiger partial charge in [0.05, 0.1) is 0 Å². The van der Waals surface area contributed by atoms with Crippen LogP contribution in [0.15, 0.2) is 24.3 Å². The number of rotatable bonds is 4. The van der Waals surface area contributed by atoms with Gasteiger partial charge < -0.3 is 10.1 Å². The maximum atomic E-state index is 12.8. The monoisotopic (exact) mass is 364 g/mol. The molecule has 0 radical (unpaired) electrons. The van der Waals surface area contributed by atoms with E-state index in [0.717, 1.165) is 24.2 Å². The number of imide groups is 1. The Morgan fingerprint density at radius 1 is 1.36 bits per heavy atom. The van der Waals surface area contributed by atoms with Gasteiger partial charge in [0, 0.05) is 10.6 Å². The number of amides is 3. The number of esters is 1. The van der Waals surface area contributed by atoms with E-state index in [2.05, 4.69) is 5.32 Å². The molecule has 25 heavy (non-hydrogen) atoms. The lowest BCUT2D eigenvalue weighted by atomic mass is 9.73. The molecule has 2 aliphatic rings. The zero-order valence-corrected chi connectivity index (χ0v) is 14.8. The molecule has 0 unspecified atom stereocenters. The van der Waals surface area contributed by atoms with Crippen LogP contribution < -0.4 is 5.32 Å². The minimum absolute atomic E-state index is 0.00367. The Balaban J connectivity index is 1.62. The molecule has 1 aromatic carbocycles. The van der Waals surface area contributed by atoms with Gasteiger partial charge >= 0.3 is 12.0 Å². The van der Waals surface area contributed by atoms with Crippen molar-refractivity contribution in [3.8, 4) is 0 Å². The molecule has 1 spiro atoms. The Morgan fingerprint density at radius 3 is 2.84 bits per heavy atom. The number of carbonyl (C=O) groups is 3. The minimum atomic E-state index is -0.863. The maximum absolute atomic E-state index is 12.8. The zero-order chi connectivity index (χ0) is 18.0. The molecule has 1 heterocycles. The van der Waals surface area contributed by atoms with E-state index in [1.807, 2.05) is 6.92 Å². The van der Waals surface area contributed by atoms with E-state index in [4.69, 9.17) is 16.3 Å². The summed E-state index contributed by atoms with van der Waals surface area (Å²) >= 11 is 6.02. The third kappa shape index (κ3) is 3.35. The predicted molar refractivity (Wildman–Crippen MR) is 91.9 cm³/mol. The van der Waals surface area contributed by atoms with Crippen LogP contribution >= 0.6 is 11.6 Å². The predicted octanol–water partition coefficient (Wildman–Crippen LogP) is 2.88.